The molecule has 2 aromatic rings. The predicted octanol–water partition coefficient (Wildman–Crippen LogP) is 4.13. The highest BCUT2D eigenvalue weighted by atomic mass is 35.5. The second-order valence-electron chi connectivity index (χ2n) is 4.71. The molecule has 3 nitrogen and oxygen atoms in total. The van der Waals surface area contributed by atoms with Crippen LogP contribution in [0.25, 0.3) is 0 Å². The van der Waals surface area contributed by atoms with Crippen LogP contribution >= 0.6 is 11.6 Å². The molecule has 2 rings (SSSR count). The summed E-state index contributed by atoms with van der Waals surface area (Å²) in [6, 6.07) is 15.3. The van der Waals surface area contributed by atoms with E-state index in [0.717, 1.165) is 11.1 Å². The SMILES string of the molecule is CCOC(c1ccccc1)C(N)c1ccc(Cl)c(OC)c1. The molecule has 21 heavy (non-hydrogen) atoms. The van der Waals surface area contributed by atoms with Crippen LogP contribution in [0.4, 0.5) is 0 Å². The first-order valence-electron chi connectivity index (χ1n) is 6.93. The molecule has 0 heterocycles. The zero-order valence-electron chi connectivity index (χ0n) is 12.3. The Bertz CT molecular complexity index is 574. The van der Waals surface area contributed by atoms with E-state index < -0.39 is 0 Å². The third kappa shape index (κ3) is 3.76. The molecule has 0 aliphatic carbocycles. The average molecular weight is 306 g/mol. The van der Waals surface area contributed by atoms with Crippen molar-refractivity contribution in [1.82, 2.24) is 0 Å². The van der Waals surface area contributed by atoms with Gasteiger partial charge in [0.2, 0.25) is 0 Å². The minimum atomic E-state index is -0.293. The van der Waals surface area contributed by atoms with Crippen molar-refractivity contribution in [2.24, 2.45) is 5.73 Å². The average Bonchev–Trinajstić information content (AvgIpc) is 2.53. The lowest BCUT2D eigenvalue weighted by Gasteiger charge is -2.25. The normalized spacial score (nSPS) is 13.7. The molecule has 0 fully saturated rings. The van der Waals surface area contributed by atoms with E-state index in [1.54, 1.807) is 13.2 Å². The molecular weight excluding hydrogens is 286 g/mol. The van der Waals surface area contributed by atoms with Gasteiger partial charge in [-0.05, 0) is 30.2 Å². The van der Waals surface area contributed by atoms with Gasteiger partial charge in [-0.2, -0.15) is 0 Å². The summed E-state index contributed by atoms with van der Waals surface area (Å²) < 4.78 is 11.1. The number of ether oxygens (including phenoxy) is 2. The quantitative estimate of drug-likeness (QED) is 0.873. The van der Waals surface area contributed by atoms with E-state index in [-0.39, 0.29) is 12.1 Å². The standard InChI is InChI=1S/C17H20ClNO2/c1-3-21-17(12-7-5-4-6-8-12)16(19)13-9-10-14(18)15(11-13)20-2/h4-11,16-17H,3,19H2,1-2H3. The lowest BCUT2D eigenvalue weighted by Crippen LogP contribution is -2.22. The van der Waals surface area contributed by atoms with Crippen molar-refractivity contribution in [2.75, 3.05) is 13.7 Å². The van der Waals surface area contributed by atoms with Crippen LogP contribution in [0.5, 0.6) is 5.75 Å². The maximum absolute atomic E-state index is 6.41. The summed E-state index contributed by atoms with van der Waals surface area (Å²) in [6.45, 7) is 2.56. The fraction of sp³-hybridized carbons (Fsp3) is 0.294. The first-order chi connectivity index (χ1) is 10.2. The van der Waals surface area contributed by atoms with Crippen molar-refractivity contribution in [1.29, 1.82) is 0 Å². The van der Waals surface area contributed by atoms with Gasteiger partial charge in [-0.25, -0.2) is 0 Å². The molecule has 2 unspecified atom stereocenters. The fourth-order valence-electron chi connectivity index (χ4n) is 2.29. The minimum Gasteiger partial charge on any atom is -0.495 e. The first-order valence-corrected chi connectivity index (χ1v) is 7.30. The van der Waals surface area contributed by atoms with Crippen LogP contribution in [-0.4, -0.2) is 13.7 Å². The lowest BCUT2D eigenvalue weighted by atomic mass is 9.96. The Balaban J connectivity index is 2.32. The summed E-state index contributed by atoms with van der Waals surface area (Å²) in [5.41, 5.74) is 8.39. The third-order valence-corrected chi connectivity index (χ3v) is 3.67. The molecule has 0 bridgehead atoms. The summed E-state index contributed by atoms with van der Waals surface area (Å²) in [6.07, 6.45) is -0.206. The Kier molecular flexibility index (Phi) is 5.62. The molecule has 2 aromatic carbocycles. The first kappa shape index (κ1) is 15.8. The molecule has 0 amide bonds. The van der Waals surface area contributed by atoms with Gasteiger partial charge in [-0.3, -0.25) is 0 Å². The number of benzene rings is 2. The molecule has 0 aliphatic heterocycles. The van der Waals surface area contributed by atoms with Crippen molar-refractivity contribution in [3.63, 3.8) is 0 Å². The Morgan fingerprint density at radius 1 is 1.10 bits per heavy atom. The fourth-order valence-corrected chi connectivity index (χ4v) is 2.48. The van der Waals surface area contributed by atoms with Crippen LogP contribution in [0.3, 0.4) is 0 Å². The van der Waals surface area contributed by atoms with Gasteiger partial charge in [0.25, 0.3) is 0 Å². The molecule has 0 saturated carbocycles. The number of nitrogens with two attached hydrogens (primary N) is 1. The van der Waals surface area contributed by atoms with E-state index in [4.69, 9.17) is 26.8 Å². The van der Waals surface area contributed by atoms with Crippen molar-refractivity contribution in [3.8, 4) is 5.75 Å². The third-order valence-electron chi connectivity index (χ3n) is 3.36. The van der Waals surface area contributed by atoms with E-state index in [1.165, 1.54) is 0 Å². The smallest absolute Gasteiger partial charge is 0.137 e. The second kappa shape index (κ2) is 7.46. The number of hydrogen-bond donors (Lipinski definition) is 1. The maximum Gasteiger partial charge on any atom is 0.137 e. The van der Waals surface area contributed by atoms with Gasteiger partial charge in [0.05, 0.1) is 18.2 Å². The van der Waals surface area contributed by atoms with Gasteiger partial charge in [0.1, 0.15) is 11.9 Å². The van der Waals surface area contributed by atoms with Gasteiger partial charge >= 0.3 is 0 Å². The van der Waals surface area contributed by atoms with Gasteiger partial charge < -0.3 is 15.2 Å². The molecular formula is C17H20ClNO2. The number of halogens is 1. The molecule has 0 aliphatic rings. The molecule has 0 aromatic heterocycles. The molecule has 0 saturated heterocycles. The number of rotatable bonds is 6. The van der Waals surface area contributed by atoms with Gasteiger partial charge in [0, 0.05) is 6.61 Å². The monoisotopic (exact) mass is 305 g/mol. The highest BCUT2D eigenvalue weighted by Crippen LogP contribution is 2.34. The van der Waals surface area contributed by atoms with Crippen molar-refractivity contribution < 1.29 is 9.47 Å². The number of hydrogen-bond acceptors (Lipinski definition) is 3. The van der Waals surface area contributed by atoms with Gasteiger partial charge in [-0.15, -0.1) is 0 Å². The molecule has 4 heteroatoms. The maximum atomic E-state index is 6.41. The highest BCUT2D eigenvalue weighted by molar-refractivity contribution is 6.32. The van der Waals surface area contributed by atoms with Crippen LogP contribution in [0.1, 0.15) is 30.2 Å². The Hall–Kier alpha value is -1.55. The van der Waals surface area contributed by atoms with E-state index in [1.807, 2.05) is 49.4 Å². The lowest BCUT2D eigenvalue weighted by molar-refractivity contribution is 0.0429. The Morgan fingerprint density at radius 3 is 2.43 bits per heavy atom. The minimum absolute atomic E-state index is 0.206. The van der Waals surface area contributed by atoms with Gasteiger partial charge in [-0.1, -0.05) is 48.0 Å². The van der Waals surface area contributed by atoms with E-state index in [0.29, 0.717) is 17.4 Å². The summed E-state index contributed by atoms with van der Waals surface area (Å²) in [5.74, 6) is 0.618. The molecule has 2 atom stereocenters. The highest BCUT2D eigenvalue weighted by Gasteiger charge is 2.22. The summed E-state index contributed by atoms with van der Waals surface area (Å²) in [4.78, 5) is 0. The second-order valence-corrected chi connectivity index (χ2v) is 5.11. The van der Waals surface area contributed by atoms with Gasteiger partial charge in [0.15, 0.2) is 0 Å². The van der Waals surface area contributed by atoms with E-state index >= 15 is 0 Å². The van der Waals surface area contributed by atoms with Crippen LogP contribution in [0, 0.1) is 0 Å². The predicted molar refractivity (Wildman–Crippen MR) is 85.7 cm³/mol. The Labute approximate surface area is 130 Å². The van der Waals surface area contributed by atoms with Crippen LogP contribution in [-0.2, 0) is 4.74 Å². The van der Waals surface area contributed by atoms with Crippen molar-refractivity contribution in [2.45, 2.75) is 19.1 Å². The zero-order valence-corrected chi connectivity index (χ0v) is 13.0. The largest absolute Gasteiger partial charge is 0.495 e. The Morgan fingerprint density at radius 2 is 1.81 bits per heavy atom. The molecule has 2 N–H and O–H groups in total. The van der Waals surface area contributed by atoms with Crippen LogP contribution in [0.2, 0.25) is 5.02 Å². The summed E-state index contributed by atoms with van der Waals surface area (Å²) in [7, 11) is 1.59. The molecule has 112 valence electrons. The van der Waals surface area contributed by atoms with Crippen LogP contribution < -0.4 is 10.5 Å². The number of methoxy groups -OCH3 is 1. The zero-order chi connectivity index (χ0) is 15.2. The van der Waals surface area contributed by atoms with E-state index in [2.05, 4.69) is 0 Å². The molecule has 0 spiro atoms. The summed E-state index contributed by atoms with van der Waals surface area (Å²) >= 11 is 6.06. The van der Waals surface area contributed by atoms with E-state index in [9.17, 15) is 0 Å². The summed E-state index contributed by atoms with van der Waals surface area (Å²) in [5, 5.41) is 0.570. The van der Waals surface area contributed by atoms with Crippen molar-refractivity contribution in [3.05, 3.63) is 64.7 Å². The van der Waals surface area contributed by atoms with Crippen molar-refractivity contribution >= 4 is 11.6 Å². The van der Waals surface area contributed by atoms with Crippen LogP contribution in [0.15, 0.2) is 48.5 Å². The topological polar surface area (TPSA) is 44.5 Å². The molecule has 0 radical (unpaired) electrons.